The minimum absolute atomic E-state index is 0.0248. The van der Waals surface area contributed by atoms with Crippen molar-refractivity contribution in [3.63, 3.8) is 0 Å². The molecule has 1 aromatic rings. The highest BCUT2D eigenvalue weighted by atomic mass is 16.4. The van der Waals surface area contributed by atoms with Gasteiger partial charge in [-0.15, -0.1) is 0 Å². The zero-order valence-electron chi connectivity index (χ0n) is 11.8. The van der Waals surface area contributed by atoms with Gasteiger partial charge in [0, 0.05) is 24.7 Å². The number of pyridine rings is 1. The van der Waals surface area contributed by atoms with Crippen molar-refractivity contribution in [3.8, 4) is 0 Å². The summed E-state index contributed by atoms with van der Waals surface area (Å²) in [5.41, 5.74) is 7.74. The average Bonchev–Trinajstić information content (AvgIpc) is 3.23. The molecule has 0 radical (unpaired) electrons. The van der Waals surface area contributed by atoms with Crippen LogP contribution in [0.5, 0.6) is 0 Å². The Balaban J connectivity index is 2.14. The first-order valence-electron chi connectivity index (χ1n) is 6.74. The Hall–Kier alpha value is -2.11. The number of nitrogens with two attached hydrogens (primary N) is 1. The Bertz CT molecular complexity index is 538. The van der Waals surface area contributed by atoms with Crippen LogP contribution in [0.15, 0.2) is 17.3 Å². The fourth-order valence-electron chi connectivity index (χ4n) is 2.19. The first-order valence-corrected chi connectivity index (χ1v) is 6.74. The lowest BCUT2D eigenvalue weighted by molar-refractivity contribution is 0.0746. The number of rotatable bonds is 5. The number of amidine groups is 1. The van der Waals surface area contributed by atoms with E-state index < -0.39 is 0 Å². The number of nitrogens with zero attached hydrogens (tertiary/aromatic N) is 3. The standard InChI is InChI=1S/C14H20N4O2/c1-9-3-6-12(10(2)16-9)14(19)18(11-4-5-11)8-7-13(15)17-20/h3,6,11,20H,4-5,7-8H2,1-2H3,(H2,15,17). The van der Waals surface area contributed by atoms with Crippen molar-refractivity contribution < 1.29 is 10.0 Å². The molecule has 3 N–H and O–H groups in total. The summed E-state index contributed by atoms with van der Waals surface area (Å²) in [6.07, 6.45) is 2.40. The summed E-state index contributed by atoms with van der Waals surface area (Å²) in [6, 6.07) is 3.93. The Morgan fingerprint density at radius 1 is 1.50 bits per heavy atom. The van der Waals surface area contributed by atoms with Crippen molar-refractivity contribution in [3.05, 3.63) is 29.1 Å². The highest BCUT2D eigenvalue weighted by Crippen LogP contribution is 2.28. The van der Waals surface area contributed by atoms with E-state index in [2.05, 4.69) is 10.1 Å². The number of hydrogen-bond donors (Lipinski definition) is 2. The lowest BCUT2D eigenvalue weighted by atomic mass is 10.1. The molecule has 20 heavy (non-hydrogen) atoms. The molecule has 0 unspecified atom stereocenters. The van der Waals surface area contributed by atoms with Crippen LogP contribution >= 0.6 is 0 Å². The second-order valence-corrected chi connectivity index (χ2v) is 5.16. The topological polar surface area (TPSA) is 91.8 Å². The van der Waals surface area contributed by atoms with Crippen molar-refractivity contribution in [1.29, 1.82) is 0 Å². The molecule has 1 fully saturated rings. The predicted molar refractivity (Wildman–Crippen MR) is 75.8 cm³/mol. The van der Waals surface area contributed by atoms with E-state index >= 15 is 0 Å². The molecule has 1 aliphatic carbocycles. The van der Waals surface area contributed by atoms with Crippen LogP contribution in [0, 0.1) is 13.8 Å². The molecular weight excluding hydrogens is 256 g/mol. The van der Waals surface area contributed by atoms with Crippen LogP contribution in [0.25, 0.3) is 0 Å². The summed E-state index contributed by atoms with van der Waals surface area (Å²) >= 11 is 0. The lowest BCUT2D eigenvalue weighted by Gasteiger charge is -2.23. The molecule has 0 aliphatic heterocycles. The number of oxime groups is 1. The molecule has 108 valence electrons. The first kappa shape index (κ1) is 14.3. The summed E-state index contributed by atoms with van der Waals surface area (Å²) in [6.45, 7) is 4.21. The minimum atomic E-state index is -0.0248. The maximum Gasteiger partial charge on any atom is 0.255 e. The van der Waals surface area contributed by atoms with Crippen molar-refractivity contribution >= 4 is 11.7 Å². The zero-order valence-corrected chi connectivity index (χ0v) is 11.8. The van der Waals surface area contributed by atoms with E-state index in [1.54, 1.807) is 4.90 Å². The summed E-state index contributed by atoms with van der Waals surface area (Å²) in [5, 5.41) is 11.5. The second-order valence-electron chi connectivity index (χ2n) is 5.16. The molecule has 0 bridgehead atoms. The van der Waals surface area contributed by atoms with Crippen molar-refractivity contribution in [2.45, 2.75) is 39.2 Å². The van der Waals surface area contributed by atoms with Gasteiger partial charge < -0.3 is 15.8 Å². The highest BCUT2D eigenvalue weighted by Gasteiger charge is 2.33. The van der Waals surface area contributed by atoms with Crippen LogP contribution < -0.4 is 5.73 Å². The Morgan fingerprint density at radius 3 is 2.75 bits per heavy atom. The van der Waals surface area contributed by atoms with E-state index in [-0.39, 0.29) is 17.8 Å². The van der Waals surface area contributed by atoms with Crippen molar-refractivity contribution in [2.24, 2.45) is 10.9 Å². The van der Waals surface area contributed by atoms with E-state index in [4.69, 9.17) is 10.9 Å². The minimum Gasteiger partial charge on any atom is -0.409 e. The van der Waals surface area contributed by atoms with Gasteiger partial charge in [-0.3, -0.25) is 9.78 Å². The van der Waals surface area contributed by atoms with Crippen LogP contribution in [0.1, 0.15) is 41.0 Å². The quantitative estimate of drug-likeness (QED) is 0.368. The summed E-state index contributed by atoms with van der Waals surface area (Å²) < 4.78 is 0. The van der Waals surface area contributed by atoms with Gasteiger partial charge in [-0.25, -0.2) is 0 Å². The first-order chi connectivity index (χ1) is 9.52. The lowest BCUT2D eigenvalue weighted by Crippen LogP contribution is -2.36. The van der Waals surface area contributed by atoms with Gasteiger partial charge in [-0.1, -0.05) is 5.16 Å². The molecule has 6 nitrogen and oxygen atoms in total. The van der Waals surface area contributed by atoms with Crippen molar-refractivity contribution in [2.75, 3.05) is 6.54 Å². The Morgan fingerprint density at radius 2 is 2.20 bits per heavy atom. The number of aromatic nitrogens is 1. The molecule has 1 aliphatic rings. The van der Waals surface area contributed by atoms with Crippen LogP contribution in [0.3, 0.4) is 0 Å². The molecule has 6 heteroatoms. The van der Waals surface area contributed by atoms with Gasteiger partial charge in [-0.05, 0) is 38.8 Å². The molecule has 0 spiro atoms. The van der Waals surface area contributed by atoms with Gasteiger partial charge in [0.1, 0.15) is 5.84 Å². The van der Waals surface area contributed by atoms with E-state index in [1.165, 1.54) is 0 Å². The predicted octanol–water partition coefficient (Wildman–Crippen LogP) is 1.44. The Labute approximate surface area is 118 Å². The summed E-state index contributed by atoms with van der Waals surface area (Å²) in [4.78, 5) is 18.7. The van der Waals surface area contributed by atoms with Gasteiger partial charge in [0.25, 0.3) is 5.91 Å². The third-order valence-electron chi connectivity index (χ3n) is 3.44. The Kier molecular flexibility index (Phi) is 4.22. The third-order valence-corrected chi connectivity index (χ3v) is 3.44. The number of hydrogen-bond acceptors (Lipinski definition) is 4. The van der Waals surface area contributed by atoms with E-state index in [9.17, 15) is 4.79 Å². The highest BCUT2D eigenvalue weighted by molar-refractivity contribution is 5.96. The van der Waals surface area contributed by atoms with Crippen LogP contribution in [-0.2, 0) is 0 Å². The third kappa shape index (κ3) is 3.26. The molecule has 1 heterocycles. The normalized spacial score (nSPS) is 15.2. The van der Waals surface area contributed by atoms with Crippen LogP contribution in [0.4, 0.5) is 0 Å². The van der Waals surface area contributed by atoms with Gasteiger partial charge in [0.05, 0.1) is 11.3 Å². The molecule has 0 saturated heterocycles. The summed E-state index contributed by atoms with van der Waals surface area (Å²) in [7, 11) is 0. The van der Waals surface area contributed by atoms with Gasteiger partial charge in [0.2, 0.25) is 0 Å². The van der Waals surface area contributed by atoms with Gasteiger partial charge in [-0.2, -0.15) is 0 Å². The average molecular weight is 276 g/mol. The maximum absolute atomic E-state index is 12.6. The molecular formula is C14H20N4O2. The van der Waals surface area contributed by atoms with Crippen LogP contribution in [-0.4, -0.2) is 39.4 Å². The molecule has 1 amide bonds. The zero-order chi connectivity index (χ0) is 14.7. The van der Waals surface area contributed by atoms with Crippen LogP contribution in [0.2, 0.25) is 0 Å². The smallest absolute Gasteiger partial charge is 0.255 e. The van der Waals surface area contributed by atoms with Gasteiger partial charge in [0.15, 0.2) is 0 Å². The fourth-order valence-corrected chi connectivity index (χ4v) is 2.19. The fraction of sp³-hybridized carbons (Fsp3) is 0.500. The SMILES string of the molecule is Cc1ccc(C(=O)N(CCC(N)=NO)C2CC2)c(C)n1. The second kappa shape index (κ2) is 5.90. The van der Waals surface area contributed by atoms with Gasteiger partial charge >= 0.3 is 0 Å². The molecule has 0 atom stereocenters. The molecule has 2 rings (SSSR count). The van der Waals surface area contributed by atoms with E-state index in [0.717, 1.165) is 24.2 Å². The van der Waals surface area contributed by atoms with E-state index in [0.29, 0.717) is 18.5 Å². The maximum atomic E-state index is 12.6. The molecule has 0 aromatic carbocycles. The number of amides is 1. The summed E-state index contributed by atoms with van der Waals surface area (Å²) in [5.74, 6) is 0.116. The largest absolute Gasteiger partial charge is 0.409 e. The monoisotopic (exact) mass is 276 g/mol. The van der Waals surface area contributed by atoms with E-state index in [1.807, 2.05) is 26.0 Å². The number of carbonyl (C=O) groups is 1. The number of aryl methyl sites for hydroxylation is 2. The molecule has 1 aromatic heterocycles. The molecule has 1 saturated carbocycles. The number of carbonyl (C=O) groups excluding carboxylic acids is 1. The van der Waals surface area contributed by atoms with Crippen molar-refractivity contribution in [1.82, 2.24) is 9.88 Å².